The van der Waals surface area contributed by atoms with Crippen LogP contribution in [0.4, 0.5) is 24.8 Å². The summed E-state index contributed by atoms with van der Waals surface area (Å²) in [4.78, 5) is 20.3. The molecule has 0 saturated carbocycles. The van der Waals surface area contributed by atoms with Crippen molar-refractivity contribution in [3.05, 3.63) is 66.0 Å². The molecule has 4 rings (SSSR count). The number of benzene rings is 2. The standard InChI is InChI=1S/C23H20F3N5O3/c1-27-21(32)18-12-15(8-9-28-18)34-14-5-6-19-16(11-14)29-22(31(19)2)30-17-10-13(23(24,25)26)4-7-20(17)33-3/h4-12H,1-3H3,(H,27,32)(H,29,30). The van der Waals surface area contributed by atoms with Gasteiger partial charge in [0.05, 0.1) is 29.4 Å². The molecule has 2 heterocycles. The van der Waals surface area contributed by atoms with Gasteiger partial charge >= 0.3 is 6.18 Å². The van der Waals surface area contributed by atoms with Crippen molar-refractivity contribution in [1.82, 2.24) is 19.9 Å². The van der Waals surface area contributed by atoms with Crippen molar-refractivity contribution in [3.63, 3.8) is 0 Å². The minimum atomic E-state index is -4.49. The van der Waals surface area contributed by atoms with E-state index < -0.39 is 11.7 Å². The molecule has 11 heteroatoms. The molecule has 0 fully saturated rings. The summed E-state index contributed by atoms with van der Waals surface area (Å²) in [7, 11) is 4.62. The molecule has 2 aromatic carbocycles. The Hall–Kier alpha value is -4.28. The van der Waals surface area contributed by atoms with E-state index in [9.17, 15) is 18.0 Å². The number of aryl methyl sites for hydroxylation is 1. The molecule has 2 aromatic heterocycles. The van der Waals surface area contributed by atoms with Gasteiger partial charge in [-0.1, -0.05) is 0 Å². The zero-order valence-corrected chi connectivity index (χ0v) is 18.4. The van der Waals surface area contributed by atoms with E-state index in [2.05, 4.69) is 20.6 Å². The number of nitrogens with one attached hydrogen (secondary N) is 2. The molecule has 1 amide bonds. The Morgan fingerprint density at radius 3 is 2.53 bits per heavy atom. The third kappa shape index (κ3) is 4.58. The molecule has 0 radical (unpaired) electrons. The summed E-state index contributed by atoms with van der Waals surface area (Å²) in [5, 5.41) is 5.42. The number of hydrogen-bond acceptors (Lipinski definition) is 6. The Labute approximate surface area is 192 Å². The van der Waals surface area contributed by atoms with Gasteiger partial charge in [-0.05, 0) is 36.4 Å². The topological polar surface area (TPSA) is 90.3 Å². The number of halogens is 3. The summed E-state index contributed by atoms with van der Waals surface area (Å²) in [6.45, 7) is 0. The Bertz CT molecular complexity index is 1370. The van der Waals surface area contributed by atoms with Gasteiger partial charge in [0, 0.05) is 32.4 Å². The average Bonchev–Trinajstić information content (AvgIpc) is 3.12. The molecule has 2 N–H and O–H groups in total. The second-order valence-electron chi connectivity index (χ2n) is 7.24. The quantitative estimate of drug-likeness (QED) is 0.416. The van der Waals surface area contributed by atoms with Crippen LogP contribution in [0.3, 0.4) is 0 Å². The van der Waals surface area contributed by atoms with Crippen LogP contribution in [0.1, 0.15) is 16.1 Å². The highest BCUT2D eigenvalue weighted by molar-refractivity contribution is 5.92. The number of amides is 1. The minimum Gasteiger partial charge on any atom is -0.495 e. The summed E-state index contributed by atoms with van der Waals surface area (Å²) in [5.41, 5.74) is 0.806. The second-order valence-corrected chi connectivity index (χ2v) is 7.24. The van der Waals surface area contributed by atoms with Crippen molar-refractivity contribution in [1.29, 1.82) is 0 Å². The van der Waals surface area contributed by atoms with Gasteiger partial charge in [-0.15, -0.1) is 0 Å². The number of rotatable bonds is 6. The number of nitrogens with zero attached hydrogens (tertiary/aromatic N) is 3. The van der Waals surface area contributed by atoms with E-state index in [-0.39, 0.29) is 23.0 Å². The molecular formula is C23H20F3N5O3. The fraction of sp³-hybridized carbons (Fsp3) is 0.174. The van der Waals surface area contributed by atoms with Crippen LogP contribution >= 0.6 is 0 Å². The van der Waals surface area contributed by atoms with Crippen LogP contribution in [0.5, 0.6) is 17.2 Å². The van der Waals surface area contributed by atoms with Crippen LogP contribution in [-0.4, -0.2) is 34.6 Å². The van der Waals surface area contributed by atoms with Crippen molar-refractivity contribution in [3.8, 4) is 17.2 Å². The molecule has 0 unspecified atom stereocenters. The van der Waals surface area contributed by atoms with E-state index in [0.29, 0.717) is 23.0 Å². The maximum absolute atomic E-state index is 13.2. The van der Waals surface area contributed by atoms with E-state index in [1.807, 2.05) is 0 Å². The molecule has 0 atom stereocenters. The van der Waals surface area contributed by atoms with E-state index in [1.165, 1.54) is 32.5 Å². The number of imidazole rings is 1. The average molecular weight is 471 g/mol. The second kappa shape index (κ2) is 8.93. The summed E-state index contributed by atoms with van der Waals surface area (Å²) in [6, 6.07) is 11.5. The highest BCUT2D eigenvalue weighted by Crippen LogP contribution is 2.36. The zero-order valence-electron chi connectivity index (χ0n) is 18.4. The number of alkyl halides is 3. The lowest BCUT2D eigenvalue weighted by Gasteiger charge is -2.14. The molecule has 8 nitrogen and oxygen atoms in total. The van der Waals surface area contributed by atoms with Gasteiger partial charge in [0.1, 0.15) is 22.9 Å². The van der Waals surface area contributed by atoms with Gasteiger partial charge in [-0.3, -0.25) is 9.78 Å². The van der Waals surface area contributed by atoms with Crippen molar-refractivity contribution in [2.24, 2.45) is 7.05 Å². The fourth-order valence-corrected chi connectivity index (χ4v) is 3.32. The zero-order chi connectivity index (χ0) is 24.5. The third-order valence-corrected chi connectivity index (χ3v) is 5.05. The number of anilines is 2. The predicted molar refractivity (Wildman–Crippen MR) is 120 cm³/mol. The summed E-state index contributed by atoms with van der Waals surface area (Å²) >= 11 is 0. The Kier molecular flexibility index (Phi) is 6.01. The number of aromatic nitrogens is 3. The summed E-state index contributed by atoms with van der Waals surface area (Å²) in [5.74, 6) is 1.09. The van der Waals surface area contributed by atoms with Crippen molar-refractivity contribution >= 4 is 28.6 Å². The van der Waals surface area contributed by atoms with Crippen LogP contribution in [0.2, 0.25) is 0 Å². The number of fused-ring (bicyclic) bond motifs is 1. The van der Waals surface area contributed by atoms with Gasteiger partial charge < -0.3 is 24.7 Å². The van der Waals surface area contributed by atoms with Gasteiger partial charge in [-0.25, -0.2) is 4.98 Å². The van der Waals surface area contributed by atoms with Crippen LogP contribution in [-0.2, 0) is 13.2 Å². The van der Waals surface area contributed by atoms with Crippen LogP contribution < -0.4 is 20.1 Å². The first kappa shape index (κ1) is 22.9. The highest BCUT2D eigenvalue weighted by Gasteiger charge is 2.31. The fourth-order valence-electron chi connectivity index (χ4n) is 3.32. The number of carbonyl (C=O) groups is 1. The molecule has 0 bridgehead atoms. The van der Waals surface area contributed by atoms with Crippen molar-refractivity contribution in [2.45, 2.75) is 6.18 Å². The maximum atomic E-state index is 13.2. The number of hydrogen-bond donors (Lipinski definition) is 2. The molecule has 176 valence electrons. The van der Waals surface area contributed by atoms with Gasteiger partial charge in [-0.2, -0.15) is 13.2 Å². The SMILES string of the molecule is CNC(=O)c1cc(Oc2ccc3c(c2)nc(Nc2cc(C(F)(F)F)ccc2OC)n3C)ccn1. The number of methoxy groups -OCH3 is 1. The Morgan fingerprint density at radius 2 is 1.82 bits per heavy atom. The number of ether oxygens (including phenoxy) is 2. The molecule has 34 heavy (non-hydrogen) atoms. The lowest BCUT2D eigenvalue weighted by atomic mass is 10.2. The Balaban J connectivity index is 1.64. The van der Waals surface area contributed by atoms with E-state index >= 15 is 0 Å². The van der Waals surface area contributed by atoms with Crippen molar-refractivity contribution < 1.29 is 27.4 Å². The smallest absolute Gasteiger partial charge is 0.416 e. The maximum Gasteiger partial charge on any atom is 0.416 e. The van der Waals surface area contributed by atoms with Crippen molar-refractivity contribution in [2.75, 3.05) is 19.5 Å². The lowest BCUT2D eigenvalue weighted by molar-refractivity contribution is -0.137. The molecule has 0 aliphatic rings. The summed E-state index contributed by atoms with van der Waals surface area (Å²) in [6.07, 6.45) is -3.03. The molecular weight excluding hydrogens is 451 g/mol. The van der Waals surface area contributed by atoms with Gasteiger partial charge in [0.25, 0.3) is 5.91 Å². The molecule has 0 aliphatic carbocycles. The van der Waals surface area contributed by atoms with Crippen LogP contribution in [0.15, 0.2) is 54.7 Å². The predicted octanol–water partition coefficient (Wildman–Crippen LogP) is 4.89. The summed E-state index contributed by atoms with van der Waals surface area (Å²) < 4.78 is 52.3. The molecule has 4 aromatic rings. The van der Waals surface area contributed by atoms with E-state index in [0.717, 1.165) is 17.6 Å². The number of carbonyl (C=O) groups excluding carboxylic acids is 1. The first-order chi connectivity index (χ1) is 16.2. The molecule has 0 saturated heterocycles. The first-order valence-electron chi connectivity index (χ1n) is 10.0. The highest BCUT2D eigenvalue weighted by atomic mass is 19.4. The third-order valence-electron chi connectivity index (χ3n) is 5.05. The number of pyridine rings is 1. The Morgan fingerprint density at radius 1 is 1.06 bits per heavy atom. The van der Waals surface area contributed by atoms with E-state index in [4.69, 9.17) is 9.47 Å². The van der Waals surface area contributed by atoms with E-state index in [1.54, 1.807) is 35.9 Å². The monoisotopic (exact) mass is 471 g/mol. The van der Waals surface area contributed by atoms with Crippen LogP contribution in [0.25, 0.3) is 11.0 Å². The normalized spacial score (nSPS) is 11.4. The van der Waals surface area contributed by atoms with Gasteiger partial charge in [0.15, 0.2) is 0 Å². The molecule has 0 spiro atoms. The first-order valence-corrected chi connectivity index (χ1v) is 10.0. The minimum absolute atomic E-state index is 0.130. The largest absolute Gasteiger partial charge is 0.495 e. The lowest BCUT2D eigenvalue weighted by Crippen LogP contribution is -2.18. The van der Waals surface area contributed by atoms with Gasteiger partial charge in [0.2, 0.25) is 5.95 Å². The van der Waals surface area contributed by atoms with Crippen LogP contribution in [0, 0.1) is 0 Å². The molecule has 0 aliphatic heterocycles.